The predicted molar refractivity (Wildman–Crippen MR) is 101 cm³/mol. The van der Waals surface area contributed by atoms with Gasteiger partial charge >= 0.3 is 0 Å². The maximum atomic E-state index is 12.3. The van der Waals surface area contributed by atoms with Crippen LogP contribution in [0.2, 0.25) is 0 Å². The second-order valence-corrected chi connectivity index (χ2v) is 6.97. The van der Waals surface area contributed by atoms with E-state index in [0.29, 0.717) is 13.2 Å². The van der Waals surface area contributed by atoms with E-state index < -0.39 is 6.52 Å². The summed E-state index contributed by atoms with van der Waals surface area (Å²) in [6.07, 6.45) is 5.34. The SMILES string of the molecule is [2H]C(NC(=O)C1CCCCC1)c1ccc(-c2ccc3c(c2)OCCO3)cc1. The van der Waals surface area contributed by atoms with Gasteiger partial charge in [-0.05, 0) is 41.7 Å². The summed E-state index contributed by atoms with van der Waals surface area (Å²) in [4.78, 5) is 12.3. The van der Waals surface area contributed by atoms with E-state index in [1.54, 1.807) is 0 Å². The lowest BCUT2D eigenvalue weighted by molar-refractivity contribution is -0.126. The van der Waals surface area contributed by atoms with E-state index in [4.69, 9.17) is 10.8 Å². The number of amides is 1. The number of carbonyl (C=O) groups is 1. The number of hydrogen-bond donors (Lipinski definition) is 1. The van der Waals surface area contributed by atoms with Gasteiger partial charge in [-0.2, -0.15) is 0 Å². The summed E-state index contributed by atoms with van der Waals surface area (Å²) in [6.45, 7) is 0.420. The fourth-order valence-electron chi connectivity index (χ4n) is 3.63. The Morgan fingerprint density at radius 2 is 1.65 bits per heavy atom. The summed E-state index contributed by atoms with van der Waals surface area (Å²) in [6, 6.07) is 13.7. The molecule has 26 heavy (non-hydrogen) atoms. The van der Waals surface area contributed by atoms with Crippen LogP contribution >= 0.6 is 0 Å². The maximum absolute atomic E-state index is 12.3. The molecule has 1 unspecified atom stereocenters. The molecular formula is C22H25NO3. The Morgan fingerprint density at radius 1 is 0.962 bits per heavy atom. The average molecular weight is 352 g/mol. The molecule has 0 aromatic heterocycles. The third kappa shape index (κ3) is 3.85. The summed E-state index contributed by atoms with van der Waals surface area (Å²) in [5.74, 6) is 1.63. The van der Waals surface area contributed by atoms with Crippen LogP contribution in [0.3, 0.4) is 0 Å². The van der Waals surface area contributed by atoms with E-state index in [-0.39, 0.29) is 11.8 Å². The van der Waals surface area contributed by atoms with Crippen LogP contribution in [0.25, 0.3) is 11.1 Å². The van der Waals surface area contributed by atoms with Crippen LogP contribution in [-0.2, 0) is 11.3 Å². The topological polar surface area (TPSA) is 47.6 Å². The van der Waals surface area contributed by atoms with Gasteiger partial charge < -0.3 is 14.8 Å². The van der Waals surface area contributed by atoms with Crippen molar-refractivity contribution in [1.82, 2.24) is 5.32 Å². The highest BCUT2D eigenvalue weighted by atomic mass is 16.6. The molecule has 1 heterocycles. The van der Waals surface area contributed by atoms with Crippen LogP contribution in [0.1, 0.15) is 39.0 Å². The molecule has 0 bridgehead atoms. The molecule has 4 rings (SSSR count). The van der Waals surface area contributed by atoms with Gasteiger partial charge in [0, 0.05) is 12.4 Å². The molecule has 1 N–H and O–H groups in total. The van der Waals surface area contributed by atoms with Gasteiger partial charge in [0.15, 0.2) is 11.5 Å². The van der Waals surface area contributed by atoms with E-state index in [1.807, 2.05) is 42.5 Å². The molecule has 1 aliphatic carbocycles. The van der Waals surface area contributed by atoms with Gasteiger partial charge in [0.25, 0.3) is 0 Å². The Kier molecular flexibility index (Phi) is 4.73. The zero-order chi connectivity index (χ0) is 18.6. The molecule has 4 heteroatoms. The second-order valence-electron chi connectivity index (χ2n) is 6.97. The Morgan fingerprint density at radius 3 is 2.42 bits per heavy atom. The van der Waals surface area contributed by atoms with Gasteiger partial charge in [-0.1, -0.05) is 49.6 Å². The molecule has 1 aliphatic heterocycles. The lowest BCUT2D eigenvalue weighted by Crippen LogP contribution is -2.31. The van der Waals surface area contributed by atoms with Crippen LogP contribution in [0, 0.1) is 5.92 Å². The minimum Gasteiger partial charge on any atom is -0.486 e. The van der Waals surface area contributed by atoms with Crippen molar-refractivity contribution in [2.45, 2.75) is 38.6 Å². The predicted octanol–water partition coefficient (Wildman–Crippen LogP) is 4.32. The van der Waals surface area contributed by atoms with E-state index in [0.717, 1.165) is 53.9 Å². The molecule has 0 spiro atoms. The molecule has 2 aliphatic rings. The van der Waals surface area contributed by atoms with Crippen LogP contribution in [0.4, 0.5) is 0 Å². The number of fused-ring (bicyclic) bond motifs is 1. The smallest absolute Gasteiger partial charge is 0.223 e. The largest absolute Gasteiger partial charge is 0.486 e. The third-order valence-electron chi connectivity index (χ3n) is 5.14. The number of ether oxygens (including phenoxy) is 2. The quantitative estimate of drug-likeness (QED) is 0.891. The summed E-state index contributed by atoms with van der Waals surface area (Å²) in [5, 5.41) is 2.86. The van der Waals surface area contributed by atoms with Crippen molar-refractivity contribution in [3.8, 4) is 22.6 Å². The summed E-state index contributed by atoms with van der Waals surface area (Å²) < 4.78 is 19.5. The highest BCUT2D eigenvalue weighted by Crippen LogP contribution is 2.34. The second kappa shape index (κ2) is 7.81. The van der Waals surface area contributed by atoms with Gasteiger partial charge in [0.2, 0.25) is 5.91 Å². The van der Waals surface area contributed by atoms with Gasteiger partial charge in [-0.3, -0.25) is 4.79 Å². The van der Waals surface area contributed by atoms with E-state index in [9.17, 15) is 4.79 Å². The maximum Gasteiger partial charge on any atom is 0.223 e. The standard InChI is InChI=1S/C22H25NO3/c24-22(18-4-2-1-3-5-18)23-15-16-6-8-17(9-7-16)19-10-11-20-21(14-19)26-13-12-25-20/h6-11,14,18H,1-5,12-13,15H2,(H,23,24)/i15D. The van der Waals surface area contributed by atoms with Crippen LogP contribution in [0.15, 0.2) is 42.5 Å². The Hall–Kier alpha value is -2.49. The molecule has 2 aromatic carbocycles. The Bertz CT molecular complexity index is 800. The molecule has 2 aromatic rings. The van der Waals surface area contributed by atoms with Gasteiger partial charge in [0.1, 0.15) is 13.2 Å². The van der Waals surface area contributed by atoms with Crippen LogP contribution in [0.5, 0.6) is 11.5 Å². The van der Waals surface area contributed by atoms with Crippen molar-refractivity contribution in [3.63, 3.8) is 0 Å². The molecular weight excluding hydrogens is 326 g/mol. The average Bonchev–Trinajstić information content (AvgIpc) is 2.74. The van der Waals surface area contributed by atoms with Crippen LogP contribution < -0.4 is 14.8 Å². The number of rotatable bonds is 4. The first kappa shape index (κ1) is 15.7. The highest BCUT2D eigenvalue weighted by Gasteiger charge is 2.20. The number of carbonyl (C=O) groups excluding carboxylic acids is 1. The molecule has 0 radical (unpaired) electrons. The lowest BCUT2D eigenvalue weighted by Gasteiger charge is -2.20. The van der Waals surface area contributed by atoms with Crippen molar-refractivity contribution < 1.29 is 15.6 Å². The van der Waals surface area contributed by atoms with Gasteiger partial charge in [-0.15, -0.1) is 0 Å². The normalized spacial score (nSPS) is 18.7. The Labute approximate surface area is 155 Å². The molecule has 1 atom stereocenters. The van der Waals surface area contributed by atoms with Gasteiger partial charge in [0.05, 0.1) is 1.37 Å². The van der Waals surface area contributed by atoms with Crippen molar-refractivity contribution in [1.29, 1.82) is 0 Å². The molecule has 1 saturated carbocycles. The first-order chi connectivity index (χ1) is 13.2. The fraction of sp³-hybridized carbons (Fsp3) is 0.409. The molecule has 0 saturated heterocycles. The summed E-state index contributed by atoms with van der Waals surface area (Å²) in [7, 11) is 0. The van der Waals surface area contributed by atoms with E-state index in [1.165, 1.54) is 6.42 Å². The first-order valence-electron chi connectivity index (χ1n) is 10.0. The highest BCUT2D eigenvalue weighted by molar-refractivity contribution is 5.78. The minimum absolute atomic E-state index is 0.0191. The first-order valence-corrected chi connectivity index (χ1v) is 9.43. The van der Waals surface area contributed by atoms with Crippen molar-refractivity contribution in [3.05, 3.63) is 48.0 Å². The Balaban J connectivity index is 1.43. The van der Waals surface area contributed by atoms with Gasteiger partial charge in [-0.25, -0.2) is 0 Å². The zero-order valence-electron chi connectivity index (χ0n) is 15.9. The number of hydrogen-bond acceptors (Lipinski definition) is 3. The van der Waals surface area contributed by atoms with Crippen molar-refractivity contribution >= 4 is 5.91 Å². The van der Waals surface area contributed by atoms with Crippen LogP contribution in [-0.4, -0.2) is 19.1 Å². The van der Waals surface area contributed by atoms with Crippen molar-refractivity contribution in [2.24, 2.45) is 5.92 Å². The molecule has 1 amide bonds. The van der Waals surface area contributed by atoms with Crippen molar-refractivity contribution in [2.75, 3.05) is 13.2 Å². The zero-order valence-corrected chi connectivity index (χ0v) is 14.9. The number of benzene rings is 2. The lowest BCUT2D eigenvalue weighted by atomic mass is 9.88. The molecule has 4 nitrogen and oxygen atoms in total. The number of nitrogens with one attached hydrogen (secondary N) is 1. The van der Waals surface area contributed by atoms with E-state index >= 15 is 0 Å². The summed E-state index contributed by atoms with van der Waals surface area (Å²) in [5.41, 5.74) is 2.88. The van der Waals surface area contributed by atoms with E-state index in [2.05, 4.69) is 5.32 Å². The third-order valence-corrected chi connectivity index (χ3v) is 5.14. The summed E-state index contributed by atoms with van der Waals surface area (Å²) >= 11 is 0. The molecule has 136 valence electrons. The minimum atomic E-state index is -0.728. The monoisotopic (exact) mass is 352 g/mol. The molecule has 1 fully saturated rings. The fourth-order valence-corrected chi connectivity index (χ4v) is 3.63.